The Hall–Kier alpha value is -5.88. The Labute approximate surface area is 255 Å². The smallest absolute Gasteiger partial charge is 0.135 e. The third kappa shape index (κ3) is 3.54. The Morgan fingerprint density at radius 2 is 1.32 bits per heavy atom. The van der Waals surface area contributed by atoms with Gasteiger partial charge in [-0.25, -0.2) is 0 Å². The van der Waals surface area contributed by atoms with Gasteiger partial charge in [0.15, 0.2) is 0 Å². The molecule has 0 fully saturated rings. The quantitative estimate of drug-likeness (QED) is 0.209. The number of nitriles is 2. The van der Waals surface area contributed by atoms with Gasteiger partial charge in [-0.1, -0.05) is 54.6 Å². The second-order valence-electron chi connectivity index (χ2n) is 11.2. The first-order valence-electron chi connectivity index (χ1n) is 14.4. The number of hydrogen-bond donors (Lipinski definition) is 0. The number of para-hydroxylation sites is 1. The van der Waals surface area contributed by atoms with Gasteiger partial charge < -0.3 is 8.98 Å². The molecule has 6 aromatic carbocycles. The van der Waals surface area contributed by atoms with Crippen molar-refractivity contribution in [1.29, 1.82) is 10.5 Å². The van der Waals surface area contributed by atoms with Crippen molar-refractivity contribution in [2.45, 2.75) is 6.42 Å². The molecule has 4 nitrogen and oxygen atoms in total. The number of thiophene rings is 1. The molecule has 44 heavy (non-hydrogen) atoms. The van der Waals surface area contributed by atoms with Crippen LogP contribution in [-0.2, 0) is 6.42 Å². The molecule has 0 aliphatic heterocycles. The number of furan rings is 1. The van der Waals surface area contributed by atoms with Crippen molar-refractivity contribution in [2.75, 3.05) is 0 Å². The van der Waals surface area contributed by atoms with Gasteiger partial charge in [-0.2, -0.15) is 10.5 Å². The molecule has 5 heteroatoms. The Morgan fingerprint density at radius 3 is 2.18 bits per heavy atom. The summed E-state index contributed by atoms with van der Waals surface area (Å²) in [5, 5.41) is 26.2. The maximum Gasteiger partial charge on any atom is 0.135 e. The van der Waals surface area contributed by atoms with Gasteiger partial charge in [0.2, 0.25) is 0 Å². The zero-order valence-corrected chi connectivity index (χ0v) is 24.2. The lowest BCUT2D eigenvalue weighted by atomic mass is 9.99. The van der Waals surface area contributed by atoms with Crippen LogP contribution in [0.3, 0.4) is 0 Å². The number of fused-ring (bicyclic) bond motifs is 10. The van der Waals surface area contributed by atoms with Crippen LogP contribution in [0, 0.1) is 22.7 Å². The molecule has 0 bridgehead atoms. The minimum atomic E-state index is 0.605. The van der Waals surface area contributed by atoms with E-state index in [2.05, 4.69) is 95.6 Å². The number of aromatic nitrogens is 1. The van der Waals surface area contributed by atoms with Gasteiger partial charge in [0.25, 0.3) is 0 Å². The van der Waals surface area contributed by atoms with Gasteiger partial charge >= 0.3 is 0 Å². The van der Waals surface area contributed by atoms with Gasteiger partial charge in [0.05, 0.1) is 39.0 Å². The Morgan fingerprint density at radius 1 is 0.614 bits per heavy atom. The fraction of sp³-hybridized carbons (Fsp3) is 0.0256. The first-order valence-corrected chi connectivity index (χ1v) is 15.2. The lowest BCUT2D eigenvalue weighted by Gasteiger charge is -2.15. The van der Waals surface area contributed by atoms with E-state index in [9.17, 15) is 10.5 Å². The van der Waals surface area contributed by atoms with Gasteiger partial charge in [-0.15, -0.1) is 11.3 Å². The molecule has 0 saturated carbocycles. The lowest BCUT2D eigenvalue weighted by Crippen LogP contribution is -2.02. The summed E-state index contributed by atoms with van der Waals surface area (Å²) in [6.07, 6.45) is 0.627. The molecule has 0 aliphatic carbocycles. The molecule has 0 atom stereocenters. The SMILES string of the molecule is N#Cc1ccc(-n2c3ccccc3c3ccc4c5ccccc5sc4c32)c(Cc2ccc3oc4ccc(C#N)cc4c3c2)c1. The molecular weight excluding hydrogens is 559 g/mol. The second kappa shape index (κ2) is 9.31. The molecule has 0 radical (unpaired) electrons. The average Bonchev–Trinajstić information content (AvgIpc) is 3.74. The summed E-state index contributed by atoms with van der Waals surface area (Å²) in [6, 6.07) is 44.1. The summed E-state index contributed by atoms with van der Waals surface area (Å²) in [5.41, 5.74) is 8.35. The highest BCUT2D eigenvalue weighted by Crippen LogP contribution is 2.43. The number of benzene rings is 6. The molecule has 0 N–H and O–H groups in total. The number of hydrogen-bond acceptors (Lipinski definition) is 4. The van der Waals surface area contributed by atoms with Gasteiger partial charge in [-0.3, -0.25) is 0 Å². The lowest BCUT2D eigenvalue weighted by molar-refractivity contribution is 0.669. The van der Waals surface area contributed by atoms with E-state index in [-0.39, 0.29) is 0 Å². The van der Waals surface area contributed by atoms with E-state index >= 15 is 0 Å². The maximum absolute atomic E-state index is 9.90. The molecule has 204 valence electrons. The van der Waals surface area contributed by atoms with E-state index < -0.39 is 0 Å². The van der Waals surface area contributed by atoms with E-state index in [0.717, 1.165) is 44.3 Å². The molecule has 0 spiro atoms. The first kappa shape index (κ1) is 24.7. The van der Waals surface area contributed by atoms with Gasteiger partial charge in [-0.05, 0) is 78.2 Å². The van der Waals surface area contributed by atoms with Crippen molar-refractivity contribution in [1.82, 2.24) is 4.57 Å². The summed E-state index contributed by atoms with van der Waals surface area (Å²) in [7, 11) is 0. The van der Waals surface area contributed by atoms with Crippen molar-refractivity contribution >= 4 is 75.3 Å². The topological polar surface area (TPSA) is 65.7 Å². The molecular formula is C39H21N3OS. The van der Waals surface area contributed by atoms with E-state index in [1.54, 1.807) is 6.07 Å². The largest absolute Gasteiger partial charge is 0.456 e. The van der Waals surface area contributed by atoms with Crippen LogP contribution in [0.15, 0.2) is 120 Å². The van der Waals surface area contributed by atoms with Crippen molar-refractivity contribution in [3.8, 4) is 17.8 Å². The molecule has 0 saturated heterocycles. The molecule has 0 amide bonds. The summed E-state index contributed by atoms with van der Waals surface area (Å²) < 4.78 is 11.0. The van der Waals surface area contributed by atoms with Crippen LogP contribution in [0.4, 0.5) is 0 Å². The molecule has 9 aromatic rings. The molecule has 0 aliphatic rings. The first-order chi connectivity index (χ1) is 21.7. The highest BCUT2D eigenvalue weighted by atomic mass is 32.1. The second-order valence-corrected chi connectivity index (χ2v) is 12.2. The molecule has 3 heterocycles. The summed E-state index contributed by atoms with van der Waals surface area (Å²) >= 11 is 1.83. The zero-order chi connectivity index (χ0) is 29.4. The predicted molar refractivity (Wildman–Crippen MR) is 180 cm³/mol. The molecule has 3 aromatic heterocycles. The van der Waals surface area contributed by atoms with E-state index in [0.29, 0.717) is 17.5 Å². The van der Waals surface area contributed by atoms with Crippen LogP contribution in [0.25, 0.3) is 69.6 Å². The highest BCUT2D eigenvalue weighted by molar-refractivity contribution is 7.26. The van der Waals surface area contributed by atoms with Crippen LogP contribution in [-0.4, -0.2) is 4.57 Å². The summed E-state index contributed by atoms with van der Waals surface area (Å²) in [6.45, 7) is 0. The van der Waals surface area contributed by atoms with E-state index in [1.807, 2.05) is 41.7 Å². The van der Waals surface area contributed by atoms with Crippen molar-refractivity contribution in [2.24, 2.45) is 0 Å². The average molecular weight is 580 g/mol. The van der Waals surface area contributed by atoms with Gasteiger partial charge in [0.1, 0.15) is 11.2 Å². The normalized spacial score (nSPS) is 11.7. The molecule has 9 rings (SSSR count). The van der Waals surface area contributed by atoms with E-state index in [4.69, 9.17) is 4.42 Å². The maximum atomic E-state index is 9.90. The highest BCUT2D eigenvalue weighted by Gasteiger charge is 2.20. The van der Waals surface area contributed by atoms with Crippen LogP contribution in [0.2, 0.25) is 0 Å². The van der Waals surface area contributed by atoms with Crippen molar-refractivity contribution < 1.29 is 4.42 Å². The van der Waals surface area contributed by atoms with Crippen LogP contribution >= 0.6 is 11.3 Å². The van der Waals surface area contributed by atoms with Gasteiger partial charge in [0, 0.05) is 42.7 Å². The third-order valence-electron chi connectivity index (χ3n) is 8.69. The summed E-state index contributed by atoms with van der Waals surface area (Å²) in [5.74, 6) is 0. The Bertz CT molecular complexity index is 2730. The minimum absolute atomic E-state index is 0.605. The van der Waals surface area contributed by atoms with Crippen molar-refractivity contribution in [3.05, 3.63) is 138 Å². The minimum Gasteiger partial charge on any atom is -0.456 e. The predicted octanol–water partition coefficient (Wildman–Crippen LogP) is 10.4. The van der Waals surface area contributed by atoms with Crippen LogP contribution in [0.1, 0.15) is 22.3 Å². The number of rotatable bonds is 3. The standard InChI is InChI=1S/C39H21N3OS/c40-21-24-9-14-33(26(18-24)17-23-10-15-35-31(19-23)32-20-25(22-41)11-16-36(32)43-35)42-34-7-3-1-5-27(34)29-12-13-30-28-6-2-4-8-37(28)44-39(30)38(29)42/h1-16,18-20H,17H2. The zero-order valence-electron chi connectivity index (χ0n) is 23.3. The van der Waals surface area contributed by atoms with Crippen LogP contribution in [0.5, 0.6) is 0 Å². The van der Waals surface area contributed by atoms with Crippen LogP contribution < -0.4 is 0 Å². The van der Waals surface area contributed by atoms with Crippen molar-refractivity contribution in [3.63, 3.8) is 0 Å². The Balaban J connectivity index is 1.31. The fourth-order valence-electron chi connectivity index (χ4n) is 6.72. The number of nitrogens with zero attached hydrogens (tertiary/aromatic N) is 3. The third-order valence-corrected chi connectivity index (χ3v) is 9.88. The van der Waals surface area contributed by atoms with E-state index in [1.165, 1.54) is 36.5 Å². The Kier molecular flexibility index (Phi) is 5.23. The molecule has 0 unspecified atom stereocenters. The monoisotopic (exact) mass is 579 g/mol. The summed E-state index contributed by atoms with van der Waals surface area (Å²) in [4.78, 5) is 0. The fourth-order valence-corrected chi connectivity index (χ4v) is 7.96.